The van der Waals surface area contributed by atoms with Crippen molar-refractivity contribution in [3.05, 3.63) is 81.8 Å². The Labute approximate surface area is 164 Å². The summed E-state index contributed by atoms with van der Waals surface area (Å²) in [5.74, 6) is 1.78. The highest BCUT2D eigenvalue weighted by Crippen LogP contribution is 2.42. The molecule has 134 valence electrons. The fourth-order valence-electron chi connectivity index (χ4n) is 3.94. The second-order valence-corrected chi connectivity index (χ2v) is 8.15. The molecule has 1 aliphatic rings. The molecule has 0 N–H and O–H groups in total. The normalized spacial score (nSPS) is 21.7. The van der Waals surface area contributed by atoms with Crippen LogP contribution in [-0.4, -0.2) is 4.98 Å². The second-order valence-electron chi connectivity index (χ2n) is 7.41. The van der Waals surface area contributed by atoms with Crippen LogP contribution < -0.4 is 0 Å². The summed E-state index contributed by atoms with van der Waals surface area (Å²) < 4.78 is 0. The molecule has 0 radical (unpaired) electrons. The number of rotatable bonds is 3. The summed E-state index contributed by atoms with van der Waals surface area (Å²) in [4.78, 5) is 4.61. The van der Waals surface area contributed by atoms with Gasteiger partial charge in [-0.1, -0.05) is 44.2 Å². The molecule has 1 aromatic carbocycles. The molecule has 3 heteroatoms. The Morgan fingerprint density at radius 1 is 1.15 bits per heavy atom. The maximum absolute atomic E-state index is 9.29. The minimum Gasteiger partial charge on any atom is -0.256 e. The molecule has 0 saturated carbocycles. The smallest absolute Gasteiger partial charge is 0.0998 e. The van der Waals surface area contributed by atoms with Crippen LogP contribution in [0.4, 0.5) is 0 Å². The van der Waals surface area contributed by atoms with Crippen molar-refractivity contribution in [1.29, 1.82) is 5.26 Å². The molecule has 4 rings (SSSR count). The predicted molar refractivity (Wildman–Crippen MR) is 113 cm³/mol. The van der Waals surface area contributed by atoms with E-state index in [0.717, 1.165) is 16.8 Å². The third-order valence-electron chi connectivity index (χ3n) is 5.76. The van der Waals surface area contributed by atoms with Crippen LogP contribution in [0.25, 0.3) is 17.2 Å². The number of benzene rings is 1. The van der Waals surface area contributed by atoms with Gasteiger partial charge in [0.2, 0.25) is 0 Å². The number of thiophene rings is 1. The van der Waals surface area contributed by atoms with Gasteiger partial charge in [-0.25, -0.2) is 0 Å². The van der Waals surface area contributed by atoms with Gasteiger partial charge in [-0.15, -0.1) is 0 Å². The largest absolute Gasteiger partial charge is 0.256 e. The predicted octanol–water partition coefficient (Wildman–Crippen LogP) is 6.31. The molecule has 0 fully saturated rings. The third-order valence-corrected chi connectivity index (χ3v) is 6.57. The lowest BCUT2D eigenvalue weighted by molar-refractivity contribution is 0.333. The molecular weight excluding hydrogens is 348 g/mol. The average molecular weight is 371 g/mol. The monoisotopic (exact) mass is 370 g/mol. The standard InChI is InChI=1S/C24H22N2S/c1-16-11-20-14-27-15-24(20)22(17(16)2)10-9-21-8-7-19(13-26-21)23-6-4-3-5-18(23)12-25/h3-10,13-17,22H,11H2,1-2H3/t16-,17+,22-/m0/s1. The first kappa shape index (κ1) is 17.7. The Kier molecular flexibility index (Phi) is 4.92. The fraction of sp³-hybridized carbons (Fsp3) is 0.250. The minimum absolute atomic E-state index is 0.454. The number of aromatic nitrogens is 1. The second kappa shape index (κ2) is 7.50. The van der Waals surface area contributed by atoms with Gasteiger partial charge in [0.1, 0.15) is 0 Å². The number of nitrogens with zero attached hydrogens (tertiary/aromatic N) is 2. The lowest BCUT2D eigenvalue weighted by Gasteiger charge is -2.32. The summed E-state index contributed by atoms with van der Waals surface area (Å²) in [5.41, 5.74) is 6.54. The van der Waals surface area contributed by atoms with E-state index in [1.807, 2.05) is 53.9 Å². The zero-order chi connectivity index (χ0) is 18.8. The maximum atomic E-state index is 9.29. The molecule has 3 aromatic rings. The van der Waals surface area contributed by atoms with Gasteiger partial charge in [0.05, 0.1) is 17.3 Å². The molecule has 27 heavy (non-hydrogen) atoms. The highest BCUT2D eigenvalue weighted by molar-refractivity contribution is 7.08. The highest BCUT2D eigenvalue weighted by Gasteiger charge is 2.30. The summed E-state index contributed by atoms with van der Waals surface area (Å²) in [7, 11) is 0. The molecular formula is C24H22N2S. The van der Waals surface area contributed by atoms with Crippen molar-refractivity contribution in [1.82, 2.24) is 4.98 Å². The molecule has 2 aromatic heterocycles. The number of hydrogen-bond donors (Lipinski definition) is 0. The van der Waals surface area contributed by atoms with E-state index in [0.29, 0.717) is 23.3 Å². The number of allylic oxidation sites excluding steroid dienone is 1. The van der Waals surface area contributed by atoms with Gasteiger partial charge in [-0.2, -0.15) is 16.6 Å². The highest BCUT2D eigenvalue weighted by atomic mass is 32.1. The van der Waals surface area contributed by atoms with Gasteiger partial charge in [0.25, 0.3) is 0 Å². The van der Waals surface area contributed by atoms with Crippen LogP contribution >= 0.6 is 11.3 Å². The number of pyridine rings is 1. The van der Waals surface area contributed by atoms with Crippen molar-refractivity contribution in [3.8, 4) is 17.2 Å². The van der Waals surface area contributed by atoms with Crippen molar-refractivity contribution >= 4 is 17.4 Å². The average Bonchev–Trinajstić information content (AvgIpc) is 3.16. The van der Waals surface area contributed by atoms with E-state index in [2.05, 4.69) is 47.8 Å². The van der Waals surface area contributed by atoms with Gasteiger partial charge in [0, 0.05) is 23.2 Å². The van der Waals surface area contributed by atoms with E-state index in [1.165, 1.54) is 17.5 Å². The van der Waals surface area contributed by atoms with Gasteiger partial charge in [-0.05, 0) is 58.4 Å². The molecule has 0 spiro atoms. The zero-order valence-corrected chi connectivity index (χ0v) is 16.4. The topological polar surface area (TPSA) is 36.7 Å². The quantitative estimate of drug-likeness (QED) is 0.542. The lowest BCUT2D eigenvalue weighted by atomic mass is 9.72. The van der Waals surface area contributed by atoms with E-state index in [4.69, 9.17) is 0 Å². The molecule has 0 bridgehead atoms. The fourth-order valence-corrected chi connectivity index (χ4v) is 4.86. The molecule has 2 nitrogen and oxygen atoms in total. The Morgan fingerprint density at radius 3 is 2.78 bits per heavy atom. The van der Waals surface area contributed by atoms with Gasteiger partial charge >= 0.3 is 0 Å². The van der Waals surface area contributed by atoms with E-state index in [-0.39, 0.29) is 0 Å². The Balaban J connectivity index is 1.58. The zero-order valence-electron chi connectivity index (χ0n) is 15.6. The van der Waals surface area contributed by atoms with Crippen LogP contribution in [0.15, 0.2) is 59.4 Å². The van der Waals surface area contributed by atoms with Crippen LogP contribution in [0.3, 0.4) is 0 Å². The number of hydrogen-bond acceptors (Lipinski definition) is 3. The summed E-state index contributed by atoms with van der Waals surface area (Å²) >= 11 is 1.81. The number of fused-ring (bicyclic) bond motifs is 1. The Morgan fingerprint density at radius 2 is 2.00 bits per heavy atom. The lowest BCUT2D eigenvalue weighted by Crippen LogP contribution is -2.23. The van der Waals surface area contributed by atoms with Crippen LogP contribution in [-0.2, 0) is 6.42 Å². The molecule has 0 unspecified atom stereocenters. The first-order chi connectivity index (χ1) is 13.2. The van der Waals surface area contributed by atoms with E-state index >= 15 is 0 Å². The summed E-state index contributed by atoms with van der Waals surface area (Å²) in [6.07, 6.45) is 7.51. The van der Waals surface area contributed by atoms with Crippen molar-refractivity contribution < 1.29 is 0 Å². The summed E-state index contributed by atoms with van der Waals surface area (Å²) in [6, 6.07) is 14.0. The SMILES string of the molecule is C[C@H]1[C@H](C=Cc2ccc(-c3ccccc3C#N)cn2)c2cscc2C[C@@H]1C. The van der Waals surface area contributed by atoms with Crippen LogP contribution in [0.2, 0.25) is 0 Å². The van der Waals surface area contributed by atoms with Crippen molar-refractivity contribution in [3.63, 3.8) is 0 Å². The van der Waals surface area contributed by atoms with Crippen molar-refractivity contribution in [2.45, 2.75) is 26.2 Å². The minimum atomic E-state index is 0.454. The molecule has 0 aliphatic heterocycles. The number of nitriles is 1. The Bertz CT molecular complexity index is 1010. The molecule has 1 aliphatic carbocycles. The van der Waals surface area contributed by atoms with E-state index in [9.17, 15) is 5.26 Å². The molecule has 0 saturated heterocycles. The van der Waals surface area contributed by atoms with Crippen LogP contribution in [0.1, 0.15) is 42.1 Å². The summed E-state index contributed by atoms with van der Waals surface area (Å²) in [6.45, 7) is 4.71. The van der Waals surface area contributed by atoms with Gasteiger partial charge < -0.3 is 0 Å². The van der Waals surface area contributed by atoms with Crippen molar-refractivity contribution in [2.24, 2.45) is 11.8 Å². The first-order valence-corrected chi connectivity index (χ1v) is 10.3. The molecule has 0 amide bonds. The third kappa shape index (κ3) is 3.46. The van der Waals surface area contributed by atoms with Gasteiger partial charge in [0.15, 0.2) is 0 Å². The van der Waals surface area contributed by atoms with Crippen molar-refractivity contribution in [2.75, 3.05) is 0 Å². The maximum Gasteiger partial charge on any atom is 0.0998 e. The molecule has 2 heterocycles. The first-order valence-electron chi connectivity index (χ1n) is 9.36. The van der Waals surface area contributed by atoms with Crippen LogP contribution in [0.5, 0.6) is 0 Å². The van der Waals surface area contributed by atoms with Crippen LogP contribution in [0, 0.1) is 23.2 Å². The Hall–Kier alpha value is -2.70. The summed E-state index contributed by atoms with van der Waals surface area (Å²) in [5, 5.41) is 13.9. The van der Waals surface area contributed by atoms with E-state index < -0.39 is 0 Å². The van der Waals surface area contributed by atoms with E-state index in [1.54, 1.807) is 0 Å². The van der Waals surface area contributed by atoms with Gasteiger partial charge in [-0.3, -0.25) is 4.98 Å². The molecule has 3 atom stereocenters.